The topological polar surface area (TPSA) is 66.8 Å². The maximum atomic E-state index is 14.3. The molecule has 0 fully saturated rings. The fourth-order valence-electron chi connectivity index (χ4n) is 2.33. The van der Waals surface area contributed by atoms with E-state index in [0.717, 1.165) is 23.8 Å². The average Bonchev–Trinajstić information content (AvgIpc) is 2.91. The van der Waals surface area contributed by atoms with E-state index < -0.39 is 29.3 Å². The van der Waals surface area contributed by atoms with E-state index in [0.29, 0.717) is 6.07 Å². The molecule has 2 rings (SSSR count). The molecular weight excluding hydrogens is 348 g/mol. The molecule has 140 valence electrons. The van der Waals surface area contributed by atoms with Crippen LogP contribution in [0.5, 0.6) is 5.88 Å². The summed E-state index contributed by atoms with van der Waals surface area (Å²) in [6.07, 6.45) is -0.886. The molecule has 0 spiro atoms. The van der Waals surface area contributed by atoms with E-state index in [1.165, 1.54) is 13.2 Å². The molecule has 6 nitrogen and oxygen atoms in total. The smallest absolute Gasteiger partial charge is 0.421 e. The molecule has 0 saturated heterocycles. The van der Waals surface area contributed by atoms with Crippen LogP contribution in [0.4, 0.5) is 13.6 Å². The Morgan fingerprint density at radius 1 is 1.08 bits per heavy atom. The van der Waals surface area contributed by atoms with Crippen molar-refractivity contribution < 1.29 is 32.6 Å². The number of halogens is 2. The summed E-state index contributed by atoms with van der Waals surface area (Å²) in [5.74, 6) is -2.65. The highest BCUT2D eigenvalue weighted by Gasteiger charge is 2.30. The fourth-order valence-corrected chi connectivity index (χ4v) is 2.33. The van der Waals surface area contributed by atoms with Gasteiger partial charge < -0.3 is 14.2 Å². The first-order chi connectivity index (χ1) is 12.1. The van der Waals surface area contributed by atoms with Crippen LogP contribution in [0.2, 0.25) is 0 Å². The van der Waals surface area contributed by atoms with Crippen LogP contribution < -0.4 is 4.74 Å². The third kappa shape index (κ3) is 3.84. The summed E-state index contributed by atoms with van der Waals surface area (Å²) in [5, 5.41) is 0. The molecule has 0 unspecified atom stereocenters. The predicted octanol–water partition coefficient (Wildman–Crippen LogP) is 4.01. The van der Waals surface area contributed by atoms with Crippen molar-refractivity contribution in [1.29, 1.82) is 0 Å². The number of methoxy groups -OCH3 is 2. The van der Waals surface area contributed by atoms with Crippen molar-refractivity contribution in [1.82, 2.24) is 4.57 Å². The number of esters is 1. The molecule has 1 aromatic heterocycles. The summed E-state index contributed by atoms with van der Waals surface area (Å²) in [5.41, 5.74) is -1.09. The standard InChI is InChI=1S/C18H19F2NO5/c1-18(2,3)26-17(23)21-14(11-7-6-10(19)8-13(11)20)9-12(15(21)24-4)16(22)25-5/h6-9H,1-5H3. The van der Waals surface area contributed by atoms with E-state index in [2.05, 4.69) is 4.74 Å². The molecule has 26 heavy (non-hydrogen) atoms. The Hall–Kier alpha value is -2.90. The van der Waals surface area contributed by atoms with Gasteiger partial charge in [0.05, 0.1) is 19.9 Å². The first-order valence-electron chi connectivity index (χ1n) is 7.66. The predicted molar refractivity (Wildman–Crippen MR) is 89.3 cm³/mol. The van der Waals surface area contributed by atoms with Crippen molar-refractivity contribution >= 4 is 12.1 Å². The first kappa shape index (κ1) is 19.4. The van der Waals surface area contributed by atoms with Crippen LogP contribution in [0.1, 0.15) is 31.1 Å². The molecule has 0 bridgehead atoms. The second kappa shape index (κ2) is 7.15. The quantitative estimate of drug-likeness (QED) is 0.767. The number of rotatable bonds is 3. The minimum absolute atomic E-state index is 0.0333. The average molecular weight is 367 g/mol. The minimum atomic E-state index is -0.911. The summed E-state index contributed by atoms with van der Waals surface area (Å²) >= 11 is 0. The van der Waals surface area contributed by atoms with Gasteiger partial charge in [0.15, 0.2) is 0 Å². The minimum Gasteiger partial charge on any atom is -0.481 e. The van der Waals surface area contributed by atoms with E-state index in [9.17, 15) is 18.4 Å². The van der Waals surface area contributed by atoms with Crippen molar-refractivity contribution in [3.8, 4) is 17.1 Å². The molecular formula is C18H19F2NO5. The van der Waals surface area contributed by atoms with Crippen LogP contribution in [0, 0.1) is 11.6 Å². The van der Waals surface area contributed by atoms with Gasteiger partial charge in [-0.3, -0.25) is 0 Å². The monoisotopic (exact) mass is 367 g/mol. The van der Waals surface area contributed by atoms with Crippen LogP contribution in [0.25, 0.3) is 11.3 Å². The fraction of sp³-hybridized carbons (Fsp3) is 0.333. The lowest BCUT2D eigenvalue weighted by atomic mass is 10.1. The molecule has 0 N–H and O–H groups in total. The van der Waals surface area contributed by atoms with Gasteiger partial charge in [-0.15, -0.1) is 0 Å². The molecule has 0 amide bonds. The van der Waals surface area contributed by atoms with Gasteiger partial charge in [0, 0.05) is 11.6 Å². The van der Waals surface area contributed by atoms with Gasteiger partial charge in [-0.2, -0.15) is 0 Å². The maximum absolute atomic E-state index is 14.3. The Morgan fingerprint density at radius 3 is 2.23 bits per heavy atom. The van der Waals surface area contributed by atoms with E-state index in [1.807, 2.05) is 0 Å². The van der Waals surface area contributed by atoms with Gasteiger partial charge >= 0.3 is 12.1 Å². The highest BCUT2D eigenvalue weighted by Crippen LogP contribution is 2.34. The Morgan fingerprint density at radius 2 is 1.73 bits per heavy atom. The number of ether oxygens (including phenoxy) is 3. The molecule has 8 heteroatoms. The van der Waals surface area contributed by atoms with Crippen molar-refractivity contribution in [2.75, 3.05) is 14.2 Å². The molecule has 0 radical (unpaired) electrons. The Labute approximate surface area is 149 Å². The van der Waals surface area contributed by atoms with Crippen molar-refractivity contribution in [3.05, 3.63) is 41.5 Å². The van der Waals surface area contributed by atoms with E-state index in [1.54, 1.807) is 20.8 Å². The van der Waals surface area contributed by atoms with Crippen LogP contribution in [0.3, 0.4) is 0 Å². The molecule has 0 saturated carbocycles. The van der Waals surface area contributed by atoms with Gasteiger partial charge in [-0.25, -0.2) is 22.9 Å². The largest absolute Gasteiger partial charge is 0.481 e. The van der Waals surface area contributed by atoms with Gasteiger partial charge in [0.25, 0.3) is 0 Å². The summed E-state index contributed by atoms with van der Waals surface area (Å²) in [4.78, 5) is 24.7. The second-order valence-electron chi connectivity index (χ2n) is 6.38. The van der Waals surface area contributed by atoms with Crippen LogP contribution in [-0.2, 0) is 9.47 Å². The van der Waals surface area contributed by atoms with Crippen LogP contribution in [-0.4, -0.2) is 36.5 Å². The zero-order chi connectivity index (χ0) is 19.6. The molecule has 0 aliphatic heterocycles. The summed E-state index contributed by atoms with van der Waals surface area (Å²) in [6.45, 7) is 4.96. The molecule has 0 aliphatic carbocycles. The summed E-state index contributed by atoms with van der Waals surface area (Å²) < 4.78 is 43.6. The van der Waals surface area contributed by atoms with Crippen LogP contribution in [0.15, 0.2) is 24.3 Å². The summed E-state index contributed by atoms with van der Waals surface area (Å²) in [7, 11) is 2.40. The molecule has 0 atom stereocenters. The van der Waals surface area contributed by atoms with Gasteiger partial charge in [-0.1, -0.05) is 0 Å². The number of benzene rings is 1. The second-order valence-corrected chi connectivity index (χ2v) is 6.38. The SMILES string of the molecule is COC(=O)c1cc(-c2ccc(F)cc2F)n(C(=O)OC(C)(C)C)c1OC. The van der Waals surface area contributed by atoms with Gasteiger partial charge in [0.1, 0.15) is 22.8 Å². The molecule has 1 heterocycles. The number of hydrogen-bond acceptors (Lipinski definition) is 5. The lowest BCUT2D eigenvalue weighted by molar-refractivity contribution is 0.0526. The molecule has 1 aromatic carbocycles. The Kier molecular flexibility index (Phi) is 5.34. The lowest BCUT2D eigenvalue weighted by Crippen LogP contribution is -2.28. The number of hydrogen-bond donors (Lipinski definition) is 0. The lowest BCUT2D eigenvalue weighted by Gasteiger charge is -2.21. The third-order valence-corrected chi connectivity index (χ3v) is 3.34. The number of carbonyl (C=O) groups excluding carboxylic acids is 2. The number of nitrogens with zero attached hydrogens (tertiary/aromatic N) is 1. The van der Waals surface area contributed by atoms with E-state index in [-0.39, 0.29) is 22.7 Å². The first-order valence-corrected chi connectivity index (χ1v) is 7.66. The highest BCUT2D eigenvalue weighted by atomic mass is 19.1. The van der Waals surface area contributed by atoms with Crippen molar-refractivity contribution in [2.24, 2.45) is 0 Å². The molecule has 2 aromatic rings. The van der Waals surface area contributed by atoms with Crippen molar-refractivity contribution in [2.45, 2.75) is 26.4 Å². The third-order valence-electron chi connectivity index (χ3n) is 3.34. The summed E-state index contributed by atoms with van der Waals surface area (Å²) in [6, 6.07) is 4.09. The Balaban J connectivity index is 2.75. The normalized spacial score (nSPS) is 11.2. The van der Waals surface area contributed by atoms with E-state index >= 15 is 0 Å². The van der Waals surface area contributed by atoms with Crippen molar-refractivity contribution in [3.63, 3.8) is 0 Å². The zero-order valence-electron chi connectivity index (χ0n) is 15.1. The number of aromatic nitrogens is 1. The Bertz CT molecular complexity index is 852. The van der Waals surface area contributed by atoms with Crippen LogP contribution >= 0.6 is 0 Å². The zero-order valence-corrected chi connectivity index (χ0v) is 15.1. The van der Waals surface area contributed by atoms with E-state index in [4.69, 9.17) is 9.47 Å². The van der Waals surface area contributed by atoms with Gasteiger partial charge in [-0.05, 0) is 39.0 Å². The highest BCUT2D eigenvalue weighted by molar-refractivity contribution is 5.97. The number of carbonyl (C=O) groups is 2. The maximum Gasteiger partial charge on any atom is 0.421 e. The van der Waals surface area contributed by atoms with Gasteiger partial charge in [0.2, 0.25) is 5.88 Å². The molecule has 0 aliphatic rings.